The van der Waals surface area contributed by atoms with E-state index in [1.165, 1.54) is 110 Å². The van der Waals surface area contributed by atoms with Crippen molar-refractivity contribution in [3.8, 4) is 27.9 Å². The molecule has 0 saturated heterocycles. The lowest BCUT2D eigenvalue weighted by Crippen LogP contribution is -2.16. The number of aromatic nitrogens is 3. The Morgan fingerprint density at radius 2 is 1.47 bits per heavy atom. The van der Waals surface area contributed by atoms with Crippen LogP contribution in [0.1, 0.15) is 67.5 Å². The van der Waals surface area contributed by atoms with Crippen molar-refractivity contribution in [3.05, 3.63) is 167 Å². The molecule has 4 heteroatoms. The Bertz CT molecular complexity index is 3090. The fraction of sp³-hybridized carbons (Fsp3) is 0.189. The quantitative estimate of drug-likeness (QED) is 0.165. The molecule has 0 saturated carbocycles. The maximum atomic E-state index is 6.48. The summed E-state index contributed by atoms with van der Waals surface area (Å²) >= 11 is 0. The fourth-order valence-corrected chi connectivity index (χ4v) is 9.94. The van der Waals surface area contributed by atoms with Gasteiger partial charge in [-0.1, -0.05) is 72.7 Å². The SMILES string of the molecule is C/C=C\C(=C/N)n1c2ccc(-c3cccc(C)c3)cc2c2cc3c4c(c21)CCc1c-4c(cc2c4cc(C(/C=C(/C)CC)=C/C)ccc4n(-c4cccnc4)c12)CC3. The highest BCUT2D eigenvalue weighted by atomic mass is 15.0. The maximum Gasteiger partial charge on any atom is 0.0645 e. The minimum Gasteiger partial charge on any atom is -0.403 e. The Morgan fingerprint density at radius 3 is 2.16 bits per heavy atom. The van der Waals surface area contributed by atoms with Gasteiger partial charge < -0.3 is 14.9 Å². The van der Waals surface area contributed by atoms with Crippen molar-refractivity contribution >= 4 is 54.9 Å². The van der Waals surface area contributed by atoms with Crippen molar-refractivity contribution in [2.75, 3.05) is 0 Å². The second-order valence-corrected chi connectivity index (χ2v) is 16.0. The second-order valence-electron chi connectivity index (χ2n) is 16.0. The first-order chi connectivity index (χ1) is 27.9. The summed E-state index contributed by atoms with van der Waals surface area (Å²) in [6.45, 7) is 10.8. The highest BCUT2D eigenvalue weighted by molar-refractivity contribution is 6.17. The van der Waals surface area contributed by atoms with Gasteiger partial charge in [-0.3, -0.25) is 4.98 Å². The van der Waals surface area contributed by atoms with Crippen LogP contribution < -0.4 is 5.73 Å². The molecular formula is C53H48N4. The predicted molar refractivity (Wildman–Crippen MR) is 243 cm³/mol. The topological polar surface area (TPSA) is 48.8 Å². The van der Waals surface area contributed by atoms with E-state index in [9.17, 15) is 0 Å². The smallest absolute Gasteiger partial charge is 0.0645 e. The van der Waals surface area contributed by atoms with Crippen molar-refractivity contribution in [1.82, 2.24) is 14.1 Å². The van der Waals surface area contributed by atoms with E-state index in [-0.39, 0.29) is 0 Å². The van der Waals surface area contributed by atoms with Crippen LogP contribution in [0, 0.1) is 6.92 Å². The zero-order valence-corrected chi connectivity index (χ0v) is 33.6. The lowest BCUT2D eigenvalue weighted by molar-refractivity contribution is 0.883. The first-order valence-electron chi connectivity index (χ1n) is 20.5. The van der Waals surface area contributed by atoms with Gasteiger partial charge in [-0.25, -0.2) is 0 Å². The van der Waals surface area contributed by atoms with E-state index in [0.29, 0.717) is 0 Å². The van der Waals surface area contributed by atoms with E-state index in [1.54, 1.807) is 6.20 Å². The molecule has 280 valence electrons. The largest absolute Gasteiger partial charge is 0.403 e. The van der Waals surface area contributed by atoms with Gasteiger partial charge in [0.25, 0.3) is 0 Å². The fourth-order valence-electron chi connectivity index (χ4n) is 9.94. The summed E-state index contributed by atoms with van der Waals surface area (Å²) < 4.78 is 4.92. The molecule has 8 aromatic rings. The van der Waals surface area contributed by atoms with Crippen LogP contribution in [-0.4, -0.2) is 14.1 Å². The van der Waals surface area contributed by atoms with Crippen LogP contribution in [-0.2, 0) is 25.7 Å². The Labute approximate surface area is 335 Å². The van der Waals surface area contributed by atoms with Gasteiger partial charge in [0, 0.05) is 33.9 Å². The van der Waals surface area contributed by atoms with Crippen LogP contribution in [0.4, 0.5) is 0 Å². The van der Waals surface area contributed by atoms with Crippen LogP contribution in [0.2, 0.25) is 0 Å². The summed E-state index contributed by atoms with van der Waals surface area (Å²) in [5.74, 6) is 0. The summed E-state index contributed by atoms with van der Waals surface area (Å²) in [5.41, 5.74) is 29.9. The highest BCUT2D eigenvalue weighted by Crippen LogP contribution is 2.51. The Hall–Kier alpha value is -6.39. The molecule has 3 heterocycles. The molecule has 3 aromatic heterocycles. The third-order valence-electron chi connectivity index (χ3n) is 12.6. The van der Waals surface area contributed by atoms with Gasteiger partial charge in [0.1, 0.15) is 0 Å². The van der Waals surface area contributed by atoms with E-state index in [4.69, 9.17) is 5.73 Å². The van der Waals surface area contributed by atoms with Gasteiger partial charge in [-0.2, -0.15) is 0 Å². The molecule has 4 nitrogen and oxygen atoms in total. The number of hydrogen-bond acceptors (Lipinski definition) is 2. The van der Waals surface area contributed by atoms with Gasteiger partial charge in [-0.05, 0) is 170 Å². The van der Waals surface area contributed by atoms with E-state index in [1.807, 2.05) is 12.4 Å². The number of aryl methyl sites for hydroxylation is 5. The summed E-state index contributed by atoms with van der Waals surface area (Å²) in [6.07, 6.45) is 19.5. The number of rotatable bonds is 7. The number of benzene rings is 5. The molecule has 0 atom stereocenters. The molecular weight excluding hydrogens is 693 g/mol. The molecule has 57 heavy (non-hydrogen) atoms. The molecule has 0 unspecified atom stereocenters. The Kier molecular flexibility index (Phi) is 8.41. The van der Waals surface area contributed by atoms with E-state index in [0.717, 1.165) is 43.5 Å². The van der Waals surface area contributed by atoms with Crippen LogP contribution in [0.25, 0.3) is 82.8 Å². The van der Waals surface area contributed by atoms with Gasteiger partial charge in [0.2, 0.25) is 0 Å². The predicted octanol–water partition coefficient (Wildman–Crippen LogP) is 13.2. The molecule has 0 radical (unpaired) electrons. The number of nitrogens with zero attached hydrogens (tertiary/aromatic N) is 3. The molecule has 2 N–H and O–H groups in total. The van der Waals surface area contributed by atoms with Gasteiger partial charge >= 0.3 is 0 Å². The zero-order chi connectivity index (χ0) is 38.9. The van der Waals surface area contributed by atoms with Crippen LogP contribution in [0.15, 0.2) is 133 Å². The lowest BCUT2D eigenvalue weighted by Gasteiger charge is -2.31. The molecule has 5 aromatic carbocycles. The van der Waals surface area contributed by atoms with Crippen LogP contribution in [0.5, 0.6) is 0 Å². The number of fused-ring (bicyclic) bond motifs is 8. The first-order valence-corrected chi connectivity index (χ1v) is 20.5. The van der Waals surface area contributed by atoms with Crippen molar-refractivity contribution in [1.29, 1.82) is 0 Å². The standard InChI is InChI=1S/C53H48N4/c1-6-11-40(30-54)56-48-22-18-37(35-13-9-12-33(5)25-35)27-45(48)46-28-38-15-16-39-29-47-44-26-36(34(8-3)24-32(4)7-2)17-21-49(44)57(41-14-10-23-55-31-41)53(47)43-20-19-42(52(46)56)50(38)51(39)43/h6,8-14,17-18,21-31H,7,15-16,19-20,54H2,1-5H3/b11-6-,32-24-,34-8+,40-30+. The van der Waals surface area contributed by atoms with Crippen molar-refractivity contribution in [2.45, 2.75) is 66.7 Å². The Morgan fingerprint density at radius 1 is 0.754 bits per heavy atom. The van der Waals surface area contributed by atoms with Crippen molar-refractivity contribution in [2.24, 2.45) is 5.73 Å². The minimum absolute atomic E-state index is 0.948. The molecule has 0 amide bonds. The van der Waals surface area contributed by atoms with Crippen LogP contribution >= 0.6 is 0 Å². The molecule has 0 spiro atoms. The lowest BCUT2D eigenvalue weighted by atomic mass is 9.74. The molecule has 0 fully saturated rings. The number of pyridine rings is 1. The monoisotopic (exact) mass is 740 g/mol. The van der Waals surface area contributed by atoms with E-state index in [2.05, 4.69) is 158 Å². The van der Waals surface area contributed by atoms with Crippen molar-refractivity contribution < 1.29 is 0 Å². The molecule has 2 aliphatic rings. The normalized spacial score (nSPS) is 14.5. The third-order valence-corrected chi connectivity index (χ3v) is 12.6. The Balaban J connectivity index is 1.28. The van der Waals surface area contributed by atoms with Crippen LogP contribution in [0.3, 0.4) is 0 Å². The summed E-state index contributed by atoms with van der Waals surface area (Å²) in [4.78, 5) is 4.62. The van der Waals surface area contributed by atoms with Gasteiger partial charge in [-0.15, -0.1) is 0 Å². The first kappa shape index (κ1) is 35.1. The average Bonchev–Trinajstić information content (AvgIpc) is 3.75. The number of nitrogens with two attached hydrogens (primary N) is 1. The van der Waals surface area contributed by atoms with Gasteiger partial charge in [0.15, 0.2) is 0 Å². The zero-order valence-electron chi connectivity index (χ0n) is 33.6. The maximum absolute atomic E-state index is 6.48. The minimum atomic E-state index is 0.948. The molecule has 0 bridgehead atoms. The molecule has 2 aliphatic carbocycles. The average molecular weight is 741 g/mol. The molecule has 10 rings (SSSR count). The van der Waals surface area contributed by atoms with E-state index < -0.39 is 0 Å². The van der Waals surface area contributed by atoms with Crippen molar-refractivity contribution in [3.63, 3.8) is 0 Å². The summed E-state index contributed by atoms with van der Waals surface area (Å²) in [7, 11) is 0. The second kappa shape index (κ2) is 13.7. The highest BCUT2D eigenvalue weighted by Gasteiger charge is 2.33. The summed E-state index contributed by atoms with van der Waals surface area (Å²) in [6, 6.07) is 32.2. The number of allylic oxidation sites excluding steroid dienone is 7. The number of hydrogen-bond donors (Lipinski definition) is 1. The van der Waals surface area contributed by atoms with E-state index >= 15 is 0 Å². The summed E-state index contributed by atoms with van der Waals surface area (Å²) in [5, 5.41) is 5.22. The molecule has 0 aliphatic heterocycles. The van der Waals surface area contributed by atoms with Gasteiger partial charge in [0.05, 0.1) is 39.6 Å². The third kappa shape index (κ3) is 5.38.